The van der Waals surface area contributed by atoms with Gasteiger partial charge in [0, 0.05) is 0 Å². The molecule has 1 fully saturated rings. The zero-order valence-electron chi connectivity index (χ0n) is 16.1. The molecule has 1 aliphatic rings. The van der Waals surface area contributed by atoms with E-state index in [1.807, 2.05) is 24.3 Å². The minimum absolute atomic E-state index is 0.672. The molecule has 0 unspecified atom stereocenters. The van der Waals surface area contributed by atoms with E-state index in [9.17, 15) is 0 Å². The van der Waals surface area contributed by atoms with Crippen LogP contribution in [0.4, 0.5) is 0 Å². The van der Waals surface area contributed by atoms with E-state index in [0.717, 1.165) is 22.1 Å². The molecule has 0 bridgehead atoms. The van der Waals surface area contributed by atoms with Crippen LogP contribution in [0, 0.1) is 0 Å². The Morgan fingerprint density at radius 1 is 0.517 bits per heavy atom. The third-order valence-corrected chi connectivity index (χ3v) is 6.09. The smallest absolute Gasteiger partial charge is 0.210 e. The highest BCUT2D eigenvalue weighted by Crippen LogP contribution is 2.46. The summed E-state index contributed by atoms with van der Waals surface area (Å²) in [6.45, 7) is 0. The van der Waals surface area contributed by atoms with E-state index in [1.54, 1.807) is 0 Å². The van der Waals surface area contributed by atoms with Crippen LogP contribution < -0.4 is 10.9 Å². The van der Waals surface area contributed by atoms with Crippen LogP contribution in [0.3, 0.4) is 0 Å². The Morgan fingerprint density at radius 2 is 0.897 bits per heavy atom. The van der Waals surface area contributed by atoms with Crippen LogP contribution in [0.25, 0.3) is 0 Å². The summed E-state index contributed by atoms with van der Waals surface area (Å²) in [5.41, 5.74) is 3.82. The third kappa shape index (κ3) is 3.00. The molecule has 0 N–H and O–H groups in total. The topological polar surface area (TPSA) is 18.5 Å². The van der Waals surface area contributed by atoms with Gasteiger partial charge in [-0.2, -0.15) is 10.9 Å². The van der Waals surface area contributed by atoms with Crippen molar-refractivity contribution in [3.05, 3.63) is 132 Å². The Morgan fingerprint density at radius 3 is 1.31 bits per heavy atom. The highest BCUT2D eigenvalue weighted by Gasteiger charge is 2.50. The Balaban J connectivity index is 1.72. The second kappa shape index (κ2) is 7.36. The average molecular weight is 377 g/mol. The van der Waals surface area contributed by atoms with Gasteiger partial charge in [0.15, 0.2) is 0 Å². The van der Waals surface area contributed by atoms with Gasteiger partial charge in [-0.1, -0.05) is 121 Å². The summed E-state index contributed by atoms with van der Waals surface area (Å²) in [6.07, 6.45) is -0.855. The van der Waals surface area contributed by atoms with Gasteiger partial charge >= 0.3 is 0 Å². The lowest BCUT2D eigenvalue weighted by Crippen LogP contribution is -2.58. The molecule has 3 heteroatoms. The Bertz CT molecular complexity index is 899. The van der Waals surface area contributed by atoms with Crippen molar-refractivity contribution in [1.82, 2.24) is 0 Å². The van der Waals surface area contributed by atoms with Crippen molar-refractivity contribution < 1.29 is 9.69 Å². The van der Waals surface area contributed by atoms with Crippen LogP contribution in [0.5, 0.6) is 0 Å². The molecule has 0 radical (unpaired) electrons. The fourth-order valence-electron chi connectivity index (χ4n) is 4.62. The molecule has 0 amide bonds. The summed E-state index contributed by atoms with van der Waals surface area (Å²) in [5.74, 6) is 0. The van der Waals surface area contributed by atoms with E-state index in [2.05, 4.69) is 97.1 Å². The first-order valence-electron chi connectivity index (χ1n) is 10.1. The van der Waals surface area contributed by atoms with Crippen molar-refractivity contribution in [1.29, 1.82) is 0 Å². The Labute approximate surface area is 171 Å². The van der Waals surface area contributed by atoms with Crippen molar-refractivity contribution in [3.8, 4) is 0 Å². The van der Waals surface area contributed by atoms with Crippen LogP contribution in [-0.2, 0) is 15.3 Å². The zero-order chi connectivity index (χ0) is 19.6. The van der Waals surface area contributed by atoms with E-state index in [1.165, 1.54) is 0 Å². The van der Waals surface area contributed by atoms with Crippen molar-refractivity contribution in [3.63, 3.8) is 0 Å². The minimum atomic E-state index is -1.56. The van der Waals surface area contributed by atoms with E-state index >= 15 is 0 Å². The van der Waals surface area contributed by atoms with Gasteiger partial charge in [0.2, 0.25) is 6.35 Å². The molecular formula is C26H22BO2-. The fraction of sp³-hybridized carbons (Fsp3) is 0.0769. The predicted octanol–water partition coefficient (Wildman–Crippen LogP) is 4.65. The van der Waals surface area contributed by atoms with Gasteiger partial charge in [0.1, 0.15) is 5.60 Å². The van der Waals surface area contributed by atoms with E-state index in [4.69, 9.17) is 9.69 Å². The van der Waals surface area contributed by atoms with Crippen LogP contribution in [0.1, 0.15) is 11.1 Å². The normalized spacial score (nSPS) is 17.1. The first kappa shape index (κ1) is 17.9. The maximum absolute atomic E-state index is 6.40. The van der Waals surface area contributed by atoms with E-state index < -0.39 is 11.9 Å². The maximum atomic E-state index is 6.40. The molecule has 5 rings (SSSR count). The maximum Gasteiger partial charge on any atom is 0.210 e. The fourth-order valence-corrected chi connectivity index (χ4v) is 4.62. The molecule has 142 valence electrons. The molecule has 29 heavy (non-hydrogen) atoms. The summed E-state index contributed by atoms with van der Waals surface area (Å²) >= 11 is 0. The molecular weight excluding hydrogens is 355 g/mol. The predicted molar refractivity (Wildman–Crippen MR) is 119 cm³/mol. The molecule has 1 aliphatic heterocycles. The van der Waals surface area contributed by atoms with Crippen LogP contribution >= 0.6 is 0 Å². The van der Waals surface area contributed by atoms with Gasteiger partial charge in [0.05, 0.1) is 0 Å². The first-order chi connectivity index (χ1) is 14.3. The van der Waals surface area contributed by atoms with Crippen LogP contribution in [0.2, 0.25) is 6.32 Å². The SMILES string of the molecule is c1ccc([B-]2(c3ccccc3)CC(c3ccccc3)(c3ccccc3)OO2)cc1. The molecule has 2 nitrogen and oxygen atoms in total. The van der Waals surface area contributed by atoms with Crippen molar-refractivity contribution >= 4 is 17.3 Å². The lowest BCUT2D eigenvalue weighted by Gasteiger charge is -2.36. The third-order valence-electron chi connectivity index (χ3n) is 6.09. The van der Waals surface area contributed by atoms with Crippen molar-refractivity contribution in [2.75, 3.05) is 0 Å². The number of hydrogen-bond donors (Lipinski definition) is 0. The second-order valence-electron chi connectivity index (χ2n) is 7.72. The van der Waals surface area contributed by atoms with Gasteiger partial charge in [-0.15, -0.1) is 6.32 Å². The molecule has 1 heterocycles. The minimum Gasteiger partial charge on any atom is -0.443 e. The summed E-state index contributed by atoms with van der Waals surface area (Å²) in [5, 5.41) is 0. The molecule has 1 saturated heterocycles. The Kier molecular flexibility index (Phi) is 4.55. The van der Waals surface area contributed by atoms with Crippen LogP contribution in [-0.4, -0.2) is 6.35 Å². The molecule has 0 atom stereocenters. The number of hydrogen-bond acceptors (Lipinski definition) is 2. The number of rotatable bonds is 4. The first-order valence-corrected chi connectivity index (χ1v) is 10.1. The average Bonchev–Trinajstić information content (AvgIpc) is 3.25. The molecule has 4 aromatic rings. The van der Waals surface area contributed by atoms with Gasteiger partial charge in [0.25, 0.3) is 0 Å². The van der Waals surface area contributed by atoms with E-state index in [0.29, 0.717) is 6.32 Å². The number of benzene rings is 4. The molecule has 0 aliphatic carbocycles. The zero-order valence-corrected chi connectivity index (χ0v) is 16.1. The van der Waals surface area contributed by atoms with Gasteiger partial charge in [-0.05, 0) is 11.1 Å². The van der Waals surface area contributed by atoms with Crippen molar-refractivity contribution in [2.45, 2.75) is 11.9 Å². The largest absolute Gasteiger partial charge is 0.443 e. The second-order valence-corrected chi connectivity index (χ2v) is 7.72. The summed E-state index contributed by atoms with van der Waals surface area (Å²) in [7, 11) is 0. The van der Waals surface area contributed by atoms with Gasteiger partial charge in [-0.25, -0.2) is 0 Å². The summed E-state index contributed by atoms with van der Waals surface area (Å²) in [6, 6.07) is 41.7. The van der Waals surface area contributed by atoms with Gasteiger partial charge in [-0.3, -0.25) is 4.89 Å². The summed E-state index contributed by atoms with van der Waals surface area (Å²) in [4.78, 5) is 12.8. The molecule has 0 saturated carbocycles. The monoisotopic (exact) mass is 377 g/mol. The highest BCUT2D eigenvalue weighted by molar-refractivity contribution is 6.97. The highest BCUT2D eigenvalue weighted by atomic mass is 17.2. The van der Waals surface area contributed by atoms with Crippen molar-refractivity contribution in [2.24, 2.45) is 0 Å². The Hall–Kier alpha value is -3.14. The van der Waals surface area contributed by atoms with E-state index in [-0.39, 0.29) is 0 Å². The molecule has 0 spiro atoms. The molecule has 4 aromatic carbocycles. The quantitative estimate of drug-likeness (QED) is 0.381. The lowest BCUT2D eigenvalue weighted by molar-refractivity contribution is -0.258. The van der Waals surface area contributed by atoms with Crippen LogP contribution in [0.15, 0.2) is 121 Å². The lowest BCUT2D eigenvalue weighted by atomic mass is 9.28. The standard InChI is InChI=1S/C26H22BO2/c1-5-13-22(14-6-1)26(23-15-7-2-8-16-23)21-27(29-28-26,24-17-9-3-10-18-24)25-19-11-4-12-20-25/h1-20H,21H2/q-1. The summed E-state index contributed by atoms with van der Waals surface area (Å²) < 4.78 is 0. The van der Waals surface area contributed by atoms with Gasteiger partial charge < -0.3 is 4.81 Å². The molecule has 0 aromatic heterocycles.